The minimum absolute atomic E-state index is 0.156. The van der Waals surface area contributed by atoms with E-state index in [1.54, 1.807) is 0 Å². The number of amides is 1. The van der Waals surface area contributed by atoms with Crippen LogP contribution in [0.15, 0.2) is 18.2 Å². The third-order valence-corrected chi connectivity index (χ3v) is 2.58. The number of benzene rings is 1. The summed E-state index contributed by atoms with van der Waals surface area (Å²) in [5.41, 5.74) is -0.156. The molecule has 1 aromatic rings. The van der Waals surface area contributed by atoms with Crippen LogP contribution in [0.3, 0.4) is 0 Å². The van der Waals surface area contributed by atoms with Crippen molar-refractivity contribution in [1.82, 2.24) is 4.90 Å². The van der Waals surface area contributed by atoms with E-state index in [1.165, 1.54) is 30.2 Å². The van der Waals surface area contributed by atoms with Gasteiger partial charge in [0.2, 0.25) is 0 Å². The van der Waals surface area contributed by atoms with Crippen LogP contribution in [0.4, 0.5) is 0 Å². The second kappa shape index (κ2) is 7.24. The number of hydrogen-bond acceptors (Lipinski definition) is 5. The van der Waals surface area contributed by atoms with Crippen molar-refractivity contribution < 1.29 is 19.7 Å². The molecule has 0 radical (unpaired) electrons. The number of phenolic OH excluding ortho intramolecular Hbond substituents is 2. The smallest absolute Gasteiger partial charge is 0.261 e. The summed E-state index contributed by atoms with van der Waals surface area (Å²) in [6, 6.07) is 6.04. The van der Waals surface area contributed by atoms with Gasteiger partial charge in [-0.1, -0.05) is 6.07 Å². The second-order valence-electron chi connectivity index (χ2n) is 3.86. The van der Waals surface area contributed by atoms with Crippen molar-refractivity contribution in [2.24, 2.45) is 0 Å². The SMILES string of the molecule is COCCN(CCC#N)C(=O)c1c(O)cccc1O. The third-order valence-electron chi connectivity index (χ3n) is 2.58. The normalized spacial score (nSPS) is 9.89. The molecule has 0 atom stereocenters. The third kappa shape index (κ3) is 3.86. The first-order valence-corrected chi connectivity index (χ1v) is 5.78. The van der Waals surface area contributed by atoms with Crippen LogP contribution in [-0.4, -0.2) is 47.8 Å². The summed E-state index contributed by atoms with van der Waals surface area (Å²) in [5.74, 6) is -1.10. The Balaban J connectivity index is 2.95. The number of phenols is 2. The number of hydrogen-bond donors (Lipinski definition) is 2. The van der Waals surface area contributed by atoms with Gasteiger partial charge in [0.1, 0.15) is 17.1 Å². The van der Waals surface area contributed by atoms with Crippen molar-refractivity contribution in [1.29, 1.82) is 5.26 Å². The molecule has 6 nitrogen and oxygen atoms in total. The molecule has 0 aliphatic heterocycles. The highest BCUT2D eigenvalue weighted by atomic mass is 16.5. The first kappa shape index (κ1) is 14.8. The van der Waals surface area contributed by atoms with Gasteiger partial charge in [-0.05, 0) is 12.1 Å². The van der Waals surface area contributed by atoms with E-state index in [0.717, 1.165) is 0 Å². The Morgan fingerprint density at radius 1 is 1.37 bits per heavy atom. The molecule has 1 rings (SSSR count). The highest BCUT2D eigenvalue weighted by Crippen LogP contribution is 2.27. The molecule has 2 N–H and O–H groups in total. The number of carbonyl (C=O) groups excluding carboxylic acids is 1. The monoisotopic (exact) mass is 264 g/mol. The van der Waals surface area contributed by atoms with Crippen LogP contribution in [0.25, 0.3) is 0 Å². The van der Waals surface area contributed by atoms with Gasteiger partial charge in [0, 0.05) is 20.2 Å². The van der Waals surface area contributed by atoms with Crippen molar-refractivity contribution in [2.75, 3.05) is 26.8 Å². The predicted molar refractivity (Wildman–Crippen MR) is 67.8 cm³/mol. The van der Waals surface area contributed by atoms with Crippen LogP contribution < -0.4 is 0 Å². The maximum atomic E-state index is 12.2. The van der Waals surface area contributed by atoms with Gasteiger partial charge in [0.15, 0.2) is 0 Å². The van der Waals surface area contributed by atoms with Crippen LogP contribution in [0.5, 0.6) is 11.5 Å². The molecular formula is C13H16N2O4. The van der Waals surface area contributed by atoms with E-state index >= 15 is 0 Å². The maximum Gasteiger partial charge on any atom is 0.261 e. The Labute approximate surface area is 111 Å². The van der Waals surface area contributed by atoms with E-state index in [9.17, 15) is 15.0 Å². The number of nitrogens with zero attached hydrogens (tertiary/aromatic N) is 2. The molecule has 19 heavy (non-hydrogen) atoms. The van der Waals surface area contributed by atoms with Gasteiger partial charge in [-0.3, -0.25) is 4.79 Å². The average molecular weight is 264 g/mol. The second-order valence-corrected chi connectivity index (χ2v) is 3.86. The molecule has 0 heterocycles. The largest absolute Gasteiger partial charge is 0.507 e. The van der Waals surface area contributed by atoms with Crippen LogP contribution in [-0.2, 0) is 4.74 Å². The van der Waals surface area contributed by atoms with Gasteiger partial charge in [-0.25, -0.2) is 0 Å². The maximum absolute atomic E-state index is 12.2. The first-order valence-electron chi connectivity index (χ1n) is 5.78. The van der Waals surface area contributed by atoms with Gasteiger partial charge >= 0.3 is 0 Å². The van der Waals surface area contributed by atoms with E-state index in [0.29, 0.717) is 6.61 Å². The Morgan fingerprint density at radius 3 is 2.53 bits per heavy atom. The van der Waals surface area contributed by atoms with Gasteiger partial charge < -0.3 is 19.8 Å². The highest BCUT2D eigenvalue weighted by Gasteiger charge is 2.21. The Morgan fingerprint density at radius 2 is 2.00 bits per heavy atom. The summed E-state index contributed by atoms with van der Waals surface area (Å²) in [4.78, 5) is 13.6. The summed E-state index contributed by atoms with van der Waals surface area (Å²) in [7, 11) is 1.50. The molecule has 6 heteroatoms. The number of aromatic hydroxyl groups is 2. The van der Waals surface area contributed by atoms with Gasteiger partial charge in [-0.2, -0.15) is 5.26 Å². The molecule has 0 spiro atoms. The van der Waals surface area contributed by atoms with E-state index < -0.39 is 5.91 Å². The van der Waals surface area contributed by atoms with Crippen LogP contribution >= 0.6 is 0 Å². The van der Waals surface area contributed by atoms with E-state index in [4.69, 9.17) is 10.00 Å². The Hall–Kier alpha value is -2.26. The Kier molecular flexibility index (Phi) is 5.64. The molecule has 0 aromatic heterocycles. The van der Waals surface area contributed by atoms with Crippen molar-refractivity contribution in [2.45, 2.75) is 6.42 Å². The molecule has 1 aromatic carbocycles. The molecule has 0 aliphatic rings. The summed E-state index contributed by atoms with van der Waals surface area (Å²) in [5, 5.41) is 27.9. The summed E-state index contributed by atoms with van der Waals surface area (Å²) >= 11 is 0. The van der Waals surface area contributed by atoms with Crippen molar-refractivity contribution in [3.8, 4) is 17.6 Å². The summed E-state index contributed by atoms with van der Waals surface area (Å²) in [6.07, 6.45) is 0.170. The summed E-state index contributed by atoms with van der Waals surface area (Å²) in [6.45, 7) is 0.808. The lowest BCUT2D eigenvalue weighted by Crippen LogP contribution is -2.34. The fourth-order valence-corrected chi connectivity index (χ4v) is 1.61. The van der Waals surface area contributed by atoms with Crippen molar-refractivity contribution >= 4 is 5.91 Å². The first-order chi connectivity index (χ1) is 9.11. The lowest BCUT2D eigenvalue weighted by Gasteiger charge is -2.22. The quantitative estimate of drug-likeness (QED) is 0.802. The van der Waals surface area contributed by atoms with Crippen LogP contribution in [0.1, 0.15) is 16.8 Å². The lowest BCUT2D eigenvalue weighted by atomic mass is 10.1. The standard InChI is InChI=1S/C13H16N2O4/c1-19-9-8-15(7-3-6-14)13(18)12-10(16)4-2-5-11(12)17/h2,4-5,16-17H,3,7-9H2,1H3. The molecule has 1 amide bonds. The highest BCUT2D eigenvalue weighted by molar-refractivity contribution is 5.99. The van der Waals surface area contributed by atoms with Gasteiger partial charge in [0.25, 0.3) is 5.91 Å². The number of methoxy groups -OCH3 is 1. The predicted octanol–water partition coefficient (Wildman–Crippen LogP) is 1.10. The molecule has 102 valence electrons. The van der Waals surface area contributed by atoms with Gasteiger partial charge in [0.05, 0.1) is 19.1 Å². The molecule has 0 saturated carbocycles. The fourth-order valence-electron chi connectivity index (χ4n) is 1.61. The zero-order valence-corrected chi connectivity index (χ0v) is 10.7. The molecule has 0 aliphatic carbocycles. The molecular weight excluding hydrogens is 248 g/mol. The number of ether oxygens (including phenoxy) is 1. The average Bonchev–Trinajstić information content (AvgIpc) is 2.38. The topological polar surface area (TPSA) is 93.8 Å². The molecule has 0 bridgehead atoms. The molecule has 0 fully saturated rings. The zero-order valence-electron chi connectivity index (χ0n) is 10.7. The van der Waals surface area contributed by atoms with Crippen molar-refractivity contribution in [3.05, 3.63) is 23.8 Å². The summed E-state index contributed by atoms with van der Waals surface area (Å²) < 4.78 is 4.90. The van der Waals surface area contributed by atoms with E-state index in [2.05, 4.69) is 0 Å². The van der Waals surface area contributed by atoms with Crippen LogP contribution in [0, 0.1) is 11.3 Å². The van der Waals surface area contributed by atoms with E-state index in [-0.39, 0.29) is 36.6 Å². The fraction of sp³-hybridized carbons (Fsp3) is 0.385. The Bertz CT molecular complexity index is 462. The zero-order chi connectivity index (χ0) is 14.3. The lowest BCUT2D eigenvalue weighted by molar-refractivity contribution is 0.0694. The van der Waals surface area contributed by atoms with E-state index in [1.807, 2.05) is 6.07 Å². The van der Waals surface area contributed by atoms with Crippen LogP contribution in [0.2, 0.25) is 0 Å². The number of rotatable bonds is 6. The molecule has 0 saturated heterocycles. The minimum atomic E-state index is -0.525. The van der Waals surface area contributed by atoms with Gasteiger partial charge in [-0.15, -0.1) is 0 Å². The van der Waals surface area contributed by atoms with Crippen molar-refractivity contribution in [3.63, 3.8) is 0 Å². The minimum Gasteiger partial charge on any atom is -0.507 e. The number of nitriles is 1. The number of carbonyl (C=O) groups is 1. The molecule has 0 unspecified atom stereocenters.